The molecule has 1 aromatic carbocycles. The average molecular weight is 431 g/mol. The van der Waals surface area contributed by atoms with Crippen molar-refractivity contribution >= 4 is 34.6 Å². The highest BCUT2D eigenvalue weighted by atomic mass is 35.5. The first-order valence-corrected chi connectivity index (χ1v) is 11.3. The van der Waals surface area contributed by atoms with E-state index in [9.17, 15) is 9.59 Å². The molecule has 30 heavy (non-hydrogen) atoms. The topological polar surface area (TPSA) is 80.9 Å². The van der Waals surface area contributed by atoms with Crippen LogP contribution >= 0.6 is 11.6 Å². The molecule has 0 bridgehead atoms. The van der Waals surface area contributed by atoms with Crippen molar-refractivity contribution < 1.29 is 13.9 Å². The van der Waals surface area contributed by atoms with Crippen molar-refractivity contribution in [3.8, 4) is 0 Å². The van der Waals surface area contributed by atoms with Gasteiger partial charge in [0.1, 0.15) is 11.1 Å². The van der Waals surface area contributed by atoms with Crippen LogP contribution in [0.25, 0.3) is 11.0 Å². The van der Waals surface area contributed by atoms with Crippen LogP contribution in [0.5, 0.6) is 0 Å². The molecule has 0 saturated heterocycles. The van der Waals surface area contributed by atoms with E-state index in [1.54, 1.807) is 18.2 Å². The van der Waals surface area contributed by atoms with Gasteiger partial charge in [-0.3, -0.25) is 0 Å². The number of carbonyl (C=O) groups is 1. The maximum atomic E-state index is 12.9. The van der Waals surface area contributed by atoms with Crippen molar-refractivity contribution in [3.05, 3.63) is 45.3 Å². The Labute approximate surface area is 180 Å². The van der Waals surface area contributed by atoms with Gasteiger partial charge in [0.05, 0.1) is 6.04 Å². The molecule has 4 rings (SSSR count). The second kappa shape index (κ2) is 9.65. The summed E-state index contributed by atoms with van der Waals surface area (Å²) in [6.45, 7) is 0. The number of carbonyl (C=O) groups excluding carboxylic acids is 1. The van der Waals surface area contributed by atoms with Crippen molar-refractivity contribution in [1.29, 1.82) is 0 Å². The van der Waals surface area contributed by atoms with Crippen LogP contribution in [0.4, 0.5) is 0 Å². The van der Waals surface area contributed by atoms with Crippen LogP contribution in [-0.2, 0) is 4.74 Å². The Bertz CT molecular complexity index is 988. The third kappa shape index (κ3) is 5.22. The lowest BCUT2D eigenvalue weighted by molar-refractivity contribution is 0.0699. The minimum atomic E-state index is -0.761. The number of amidine groups is 1. The molecular formula is C23H27ClN2O4. The van der Waals surface area contributed by atoms with Gasteiger partial charge >= 0.3 is 11.6 Å². The normalized spacial score (nSPS) is 19.0. The van der Waals surface area contributed by atoms with E-state index >= 15 is 0 Å². The van der Waals surface area contributed by atoms with E-state index in [1.165, 1.54) is 18.9 Å². The van der Waals surface area contributed by atoms with Crippen molar-refractivity contribution in [3.63, 3.8) is 0 Å². The molecule has 2 aliphatic rings. The van der Waals surface area contributed by atoms with E-state index in [4.69, 9.17) is 25.7 Å². The van der Waals surface area contributed by atoms with Gasteiger partial charge in [0, 0.05) is 16.5 Å². The van der Waals surface area contributed by atoms with Gasteiger partial charge in [-0.05, 0) is 49.9 Å². The Hall–Kier alpha value is -2.34. The highest BCUT2D eigenvalue weighted by molar-refractivity contribution is 6.31. The summed E-state index contributed by atoms with van der Waals surface area (Å²) in [6.07, 6.45) is 11.0. The molecule has 0 spiro atoms. The number of nitrogens with one attached hydrogen (secondary N) is 1. The zero-order chi connectivity index (χ0) is 20.9. The fourth-order valence-corrected chi connectivity index (χ4v) is 4.45. The van der Waals surface area contributed by atoms with Crippen molar-refractivity contribution in [2.75, 3.05) is 0 Å². The molecule has 2 fully saturated rings. The molecule has 6 nitrogen and oxygen atoms in total. The number of ether oxygens (including phenoxy) is 1. The van der Waals surface area contributed by atoms with Gasteiger partial charge in [-0.1, -0.05) is 50.1 Å². The van der Waals surface area contributed by atoms with Crippen LogP contribution in [0, 0.1) is 0 Å². The summed E-state index contributed by atoms with van der Waals surface area (Å²) in [4.78, 5) is 29.9. The van der Waals surface area contributed by atoms with Gasteiger partial charge in [-0.25, -0.2) is 14.6 Å². The summed E-state index contributed by atoms with van der Waals surface area (Å²) < 4.78 is 10.9. The van der Waals surface area contributed by atoms with Crippen LogP contribution in [0.1, 0.15) is 74.6 Å². The Morgan fingerprint density at radius 2 is 1.73 bits per heavy atom. The Kier molecular flexibility index (Phi) is 6.72. The number of benzene rings is 1. The van der Waals surface area contributed by atoms with Crippen LogP contribution in [0.3, 0.4) is 0 Å². The second-order valence-corrected chi connectivity index (χ2v) is 8.66. The number of rotatable bonds is 3. The van der Waals surface area contributed by atoms with E-state index in [0.717, 1.165) is 51.4 Å². The standard InChI is InChI=1S/C23H27ClN2O4/c24-16-11-12-20-15(13-16)14-19(21(27)29-20)22(28)30-23(25-17-7-3-1-4-8-17)26-18-9-5-2-6-10-18/h11-14,17-18H,1-10H2,(H,25,26). The number of hydrogen-bond donors (Lipinski definition) is 1. The highest BCUT2D eigenvalue weighted by Gasteiger charge is 2.23. The van der Waals surface area contributed by atoms with Gasteiger partial charge in [0.2, 0.25) is 0 Å². The maximum absolute atomic E-state index is 12.9. The van der Waals surface area contributed by atoms with Crippen molar-refractivity contribution in [2.24, 2.45) is 4.99 Å². The third-order valence-electron chi connectivity index (χ3n) is 5.91. The summed E-state index contributed by atoms with van der Waals surface area (Å²) in [5, 5.41) is 4.39. The summed E-state index contributed by atoms with van der Waals surface area (Å²) in [6, 6.07) is 6.96. The van der Waals surface area contributed by atoms with Gasteiger partial charge in [0.15, 0.2) is 0 Å². The fourth-order valence-electron chi connectivity index (χ4n) is 4.27. The van der Waals surface area contributed by atoms with Crippen LogP contribution < -0.4 is 10.9 Å². The molecule has 2 aliphatic carbocycles. The third-order valence-corrected chi connectivity index (χ3v) is 6.15. The monoisotopic (exact) mass is 430 g/mol. The quantitative estimate of drug-likeness (QED) is 0.312. The SMILES string of the molecule is O=C(OC(=NC1CCCCC1)NC1CCCCC1)c1cc2cc(Cl)ccc2oc1=O. The zero-order valence-corrected chi connectivity index (χ0v) is 17.7. The number of fused-ring (bicyclic) bond motifs is 1. The molecule has 0 atom stereocenters. The number of esters is 1. The molecule has 1 heterocycles. The molecule has 0 aliphatic heterocycles. The van der Waals surface area contributed by atoms with Crippen LogP contribution in [0.15, 0.2) is 38.5 Å². The Morgan fingerprint density at radius 3 is 2.47 bits per heavy atom. The highest BCUT2D eigenvalue weighted by Crippen LogP contribution is 2.22. The first-order chi connectivity index (χ1) is 14.6. The minimum absolute atomic E-state index is 0.143. The first-order valence-electron chi connectivity index (χ1n) is 10.9. The van der Waals surface area contributed by atoms with E-state index in [-0.39, 0.29) is 23.7 Å². The second-order valence-electron chi connectivity index (χ2n) is 8.22. The summed E-state index contributed by atoms with van der Waals surface area (Å²) in [5.41, 5.74) is -0.520. The Balaban J connectivity index is 1.57. The molecule has 0 radical (unpaired) electrons. The molecule has 0 amide bonds. The summed E-state index contributed by atoms with van der Waals surface area (Å²) in [5.74, 6) is -0.761. The largest absolute Gasteiger partial charge is 0.422 e. The molecule has 2 saturated carbocycles. The van der Waals surface area contributed by atoms with Crippen molar-refractivity contribution in [1.82, 2.24) is 5.32 Å². The van der Waals surface area contributed by atoms with Crippen LogP contribution in [0.2, 0.25) is 5.02 Å². The molecule has 160 valence electrons. The maximum Gasteiger partial charge on any atom is 0.353 e. The average Bonchev–Trinajstić information content (AvgIpc) is 2.75. The predicted octanol–water partition coefficient (Wildman–Crippen LogP) is 5.21. The van der Waals surface area contributed by atoms with E-state index in [1.807, 2.05) is 0 Å². The van der Waals surface area contributed by atoms with E-state index in [2.05, 4.69) is 5.32 Å². The van der Waals surface area contributed by atoms with Gasteiger partial charge in [-0.15, -0.1) is 0 Å². The van der Waals surface area contributed by atoms with Crippen LogP contribution in [-0.4, -0.2) is 24.1 Å². The zero-order valence-electron chi connectivity index (χ0n) is 17.0. The minimum Gasteiger partial charge on any atom is -0.422 e. The van der Waals surface area contributed by atoms with E-state index in [0.29, 0.717) is 16.0 Å². The summed E-state index contributed by atoms with van der Waals surface area (Å²) in [7, 11) is 0. The number of hydrogen-bond acceptors (Lipinski definition) is 5. The number of nitrogens with zero attached hydrogens (tertiary/aromatic N) is 1. The van der Waals surface area contributed by atoms with E-state index < -0.39 is 11.6 Å². The molecule has 1 N–H and O–H groups in total. The van der Waals surface area contributed by atoms with Gasteiger partial charge in [0.25, 0.3) is 6.02 Å². The predicted molar refractivity (Wildman–Crippen MR) is 117 cm³/mol. The lowest BCUT2D eigenvalue weighted by Crippen LogP contribution is -2.40. The Morgan fingerprint density at radius 1 is 1.03 bits per heavy atom. The van der Waals surface area contributed by atoms with Crippen molar-refractivity contribution in [2.45, 2.75) is 76.3 Å². The molecule has 0 unspecified atom stereocenters. The first kappa shape index (κ1) is 20.9. The lowest BCUT2D eigenvalue weighted by atomic mass is 9.95. The molecular weight excluding hydrogens is 404 g/mol. The van der Waals surface area contributed by atoms with Gasteiger partial charge < -0.3 is 14.5 Å². The fraction of sp³-hybridized carbons (Fsp3) is 0.522. The van der Waals surface area contributed by atoms with Gasteiger partial charge in [-0.2, -0.15) is 0 Å². The number of halogens is 1. The lowest BCUT2D eigenvalue weighted by Gasteiger charge is -2.25. The summed E-state index contributed by atoms with van der Waals surface area (Å²) >= 11 is 6.03. The molecule has 7 heteroatoms. The molecule has 1 aromatic heterocycles. The smallest absolute Gasteiger partial charge is 0.353 e. The number of aliphatic imine (C=N–C) groups is 1. The molecule has 2 aromatic rings.